The molecular weight excluding hydrogens is 211 g/mol. The van der Waals surface area contributed by atoms with Gasteiger partial charge in [-0.05, 0) is 12.1 Å². The third-order valence-electron chi connectivity index (χ3n) is 1.40. The number of methoxy groups -OCH3 is 1. The maximum atomic E-state index is 12.5. The number of benzene rings is 1. The van der Waals surface area contributed by atoms with Crippen molar-refractivity contribution in [3.05, 3.63) is 29.0 Å². The highest BCUT2D eigenvalue weighted by atomic mass is 35.5. The fourth-order valence-corrected chi connectivity index (χ4v) is 0.939. The topological polar surface area (TPSA) is 35.5 Å². The highest BCUT2D eigenvalue weighted by Gasteiger charge is 2.06. The summed E-state index contributed by atoms with van der Waals surface area (Å²) in [5, 5.41) is 0.0881. The van der Waals surface area contributed by atoms with Gasteiger partial charge in [-0.25, -0.2) is 9.18 Å². The average Bonchev–Trinajstić information content (AvgIpc) is 2.16. The zero-order valence-electron chi connectivity index (χ0n) is 7.34. The van der Waals surface area contributed by atoms with Crippen LogP contribution in [-0.2, 0) is 9.53 Å². The Morgan fingerprint density at radius 1 is 1.71 bits per heavy atom. The predicted molar refractivity (Wildman–Crippen MR) is 47.8 cm³/mol. The summed E-state index contributed by atoms with van der Waals surface area (Å²) in [4.78, 5) is 10.7. The lowest BCUT2D eigenvalue weighted by Gasteiger charge is -2.05. The molecule has 0 heterocycles. The molecule has 0 aliphatic carbocycles. The van der Waals surface area contributed by atoms with Gasteiger partial charge in [-0.15, -0.1) is 0 Å². The molecule has 0 saturated carbocycles. The maximum Gasteiger partial charge on any atom is 0.343 e. The lowest BCUT2D eigenvalue weighted by Crippen LogP contribution is -2.12. The predicted octanol–water partition coefficient (Wildman–Crippen LogP) is 1.83. The van der Waals surface area contributed by atoms with Crippen LogP contribution < -0.4 is 4.74 Å². The molecule has 1 aromatic carbocycles. The number of hydrogen-bond acceptors (Lipinski definition) is 3. The highest BCUT2D eigenvalue weighted by Crippen LogP contribution is 2.24. The Morgan fingerprint density at radius 3 is 3.00 bits per heavy atom. The summed E-state index contributed by atoms with van der Waals surface area (Å²) >= 11 is 5.62. The van der Waals surface area contributed by atoms with Crippen LogP contribution in [-0.4, -0.2) is 19.7 Å². The monoisotopic (exact) mass is 217 g/mol. The summed E-state index contributed by atoms with van der Waals surface area (Å²) in [5.74, 6) is -0.927. The molecular formula is C9H7ClFO3. The van der Waals surface area contributed by atoms with Crippen LogP contribution in [0.4, 0.5) is 4.39 Å². The van der Waals surface area contributed by atoms with Gasteiger partial charge in [-0.2, -0.15) is 0 Å². The molecule has 1 rings (SSSR count). The van der Waals surface area contributed by atoms with Crippen molar-refractivity contribution in [3.63, 3.8) is 0 Å². The van der Waals surface area contributed by atoms with Gasteiger partial charge in [0.15, 0.2) is 6.61 Å². The molecule has 1 radical (unpaired) electrons. The Labute approximate surface area is 85.4 Å². The van der Waals surface area contributed by atoms with E-state index in [9.17, 15) is 9.18 Å². The van der Waals surface area contributed by atoms with Gasteiger partial charge < -0.3 is 9.47 Å². The third-order valence-corrected chi connectivity index (χ3v) is 1.70. The van der Waals surface area contributed by atoms with Gasteiger partial charge in [-0.1, -0.05) is 11.6 Å². The van der Waals surface area contributed by atoms with E-state index < -0.39 is 11.8 Å². The molecule has 0 atom stereocenters. The quantitative estimate of drug-likeness (QED) is 0.725. The van der Waals surface area contributed by atoms with Crippen LogP contribution in [0.2, 0.25) is 5.02 Å². The summed E-state index contributed by atoms with van der Waals surface area (Å²) < 4.78 is 21.8. The molecule has 14 heavy (non-hydrogen) atoms. The number of halogens is 2. The zero-order chi connectivity index (χ0) is 10.6. The Hall–Kier alpha value is -1.29. The van der Waals surface area contributed by atoms with Gasteiger partial charge in [0.25, 0.3) is 0 Å². The van der Waals surface area contributed by atoms with Crippen LogP contribution in [0.15, 0.2) is 12.1 Å². The number of hydrogen-bond donors (Lipinski definition) is 0. The van der Waals surface area contributed by atoms with Crippen LogP contribution in [0.3, 0.4) is 0 Å². The average molecular weight is 218 g/mol. The van der Waals surface area contributed by atoms with Crippen molar-refractivity contribution in [2.45, 2.75) is 0 Å². The largest absolute Gasteiger partial charge is 0.480 e. The second-order valence-corrected chi connectivity index (χ2v) is 2.77. The van der Waals surface area contributed by atoms with E-state index >= 15 is 0 Å². The van der Waals surface area contributed by atoms with Crippen LogP contribution >= 0.6 is 11.6 Å². The Morgan fingerprint density at radius 2 is 2.43 bits per heavy atom. The van der Waals surface area contributed by atoms with Crippen molar-refractivity contribution in [2.24, 2.45) is 0 Å². The molecule has 0 bridgehead atoms. The Kier molecular flexibility index (Phi) is 3.71. The number of carbonyl (C=O) groups is 1. The molecule has 0 aliphatic heterocycles. The zero-order valence-corrected chi connectivity index (χ0v) is 8.10. The van der Waals surface area contributed by atoms with Crippen molar-refractivity contribution in [2.75, 3.05) is 13.7 Å². The first-order valence-corrected chi connectivity index (χ1v) is 4.07. The summed E-state index contributed by atoms with van der Waals surface area (Å²) in [6.45, 7) is -0.268. The first-order chi connectivity index (χ1) is 6.63. The molecule has 0 amide bonds. The van der Waals surface area contributed by atoms with Gasteiger partial charge in [0.05, 0.1) is 12.1 Å². The van der Waals surface area contributed by atoms with E-state index in [0.29, 0.717) is 0 Å². The van der Waals surface area contributed by atoms with Crippen LogP contribution in [0.1, 0.15) is 0 Å². The highest BCUT2D eigenvalue weighted by molar-refractivity contribution is 6.32. The second kappa shape index (κ2) is 4.81. The van der Waals surface area contributed by atoms with Gasteiger partial charge in [0.2, 0.25) is 0 Å². The molecule has 0 spiro atoms. The second-order valence-electron chi connectivity index (χ2n) is 2.36. The third kappa shape index (κ3) is 2.88. The van der Waals surface area contributed by atoms with Crippen molar-refractivity contribution < 1.29 is 18.7 Å². The van der Waals surface area contributed by atoms with Crippen molar-refractivity contribution >= 4 is 17.6 Å². The van der Waals surface area contributed by atoms with E-state index in [2.05, 4.69) is 10.8 Å². The molecule has 0 saturated heterocycles. The lowest BCUT2D eigenvalue weighted by atomic mass is 10.3. The van der Waals surface area contributed by atoms with Crippen LogP contribution in [0, 0.1) is 11.9 Å². The van der Waals surface area contributed by atoms with Gasteiger partial charge in [-0.3, -0.25) is 0 Å². The van der Waals surface area contributed by atoms with E-state index in [1.807, 2.05) is 0 Å². The fraction of sp³-hybridized carbons (Fsp3) is 0.222. The van der Waals surface area contributed by atoms with E-state index in [1.54, 1.807) is 0 Å². The molecule has 0 aliphatic rings. The molecule has 75 valence electrons. The number of ether oxygens (including phenoxy) is 2. The molecule has 5 heteroatoms. The first kappa shape index (κ1) is 10.8. The normalized spacial score (nSPS) is 9.64. The minimum absolute atomic E-state index is 0.0881. The van der Waals surface area contributed by atoms with E-state index in [4.69, 9.17) is 16.3 Å². The number of esters is 1. The first-order valence-electron chi connectivity index (χ1n) is 3.70. The summed E-state index contributed by atoms with van der Waals surface area (Å²) in [5.41, 5.74) is 0. The minimum atomic E-state index is -0.583. The summed E-state index contributed by atoms with van der Waals surface area (Å²) in [6, 6.07) is 4.53. The van der Waals surface area contributed by atoms with E-state index in [0.717, 1.165) is 6.07 Å². The van der Waals surface area contributed by atoms with E-state index in [1.165, 1.54) is 13.2 Å². The van der Waals surface area contributed by atoms with E-state index in [-0.39, 0.29) is 17.4 Å². The standard InChI is InChI=1S/C9H7ClFO3/c1-13-9(12)5-14-8-3-2-6(11)4-7(8)10/h3-4H,5H2,1H3. The molecule has 1 aromatic rings. The van der Waals surface area contributed by atoms with Crippen LogP contribution in [0.5, 0.6) is 5.75 Å². The fourth-order valence-electron chi connectivity index (χ4n) is 0.734. The SMILES string of the molecule is COC(=O)COc1c[c]c(F)cc1Cl. The van der Waals surface area contributed by atoms with Crippen molar-refractivity contribution in [3.8, 4) is 5.75 Å². The summed E-state index contributed by atoms with van der Waals surface area (Å²) in [7, 11) is 1.24. The van der Waals surface area contributed by atoms with Gasteiger partial charge in [0.1, 0.15) is 11.6 Å². The molecule has 0 unspecified atom stereocenters. The Bertz CT molecular complexity index is 341. The minimum Gasteiger partial charge on any atom is -0.480 e. The molecule has 3 nitrogen and oxygen atoms in total. The number of rotatable bonds is 3. The number of carbonyl (C=O) groups excluding carboxylic acids is 1. The molecule has 0 aromatic heterocycles. The van der Waals surface area contributed by atoms with Crippen molar-refractivity contribution in [1.29, 1.82) is 0 Å². The lowest BCUT2D eigenvalue weighted by molar-refractivity contribution is -0.142. The molecule has 0 N–H and O–H groups in total. The maximum absolute atomic E-state index is 12.5. The van der Waals surface area contributed by atoms with Crippen molar-refractivity contribution in [1.82, 2.24) is 0 Å². The van der Waals surface area contributed by atoms with Gasteiger partial charge in [0, 0.05) is 6.07 Å². The summed E-state index contributed by atoms with van der Waals surface area (Å²) in [6.07, 6.45) is 0. The smallest absolute Gasteiger partial charge is 0.343 e. The van der Waals surface area contributed by atoms with Gasteiger partial charge >= 0.3 is 5.97 Å². The Balaban J connectivity index is 2.63. The molecule has 0 fully saturated rings. The van der Waals surface area contributed by atoms with Crippen LogP contribution in [0.25, 0.3) is 0 Å².